The van der Waals surface area contributed by atoms with Crippen molar-refractivity contribution in [2.24, 2.45) is 0 Å². The molecule has 0 saturated carbocycles. The second-order valence-electron chi connectivity index (χ2n) is 4.01. The number of H-pyrrole nitrogens is 1. The van der Waals surface area contributed by atoms with Crippen LogP contribution in [0.2, 0.25) is 0 Å². The van der Waals surface area contributed by atoms with Gasteiger partial charge in [0.15, 0.2) is 0 Å². The maximum absolute atomic E-state index is 12.2. The third-order valence-electron chi connectivity index (χ3n) is 2.53. The highest BCUT2D eigenvalue weighted by Crippen LogP contribution is 2.25. The average molecular weight is 424 g/mol. The number of aryl methyl sites for hydroxylation is 1. The Morgan fingerprint density at radius 2 is 2.10 bits per heavy atom. The average Bonchev–Trinajstić information content (AvgIpc) is 2.90. The highest BCUT2D eigenvalue weighted by atomic mass is 79.9. The van der Waals surface area contributed by atoms with Crippen LogP contribution in [-0.2, 0) is 16.4 Å². The summed E-state index contributed by atoms with van der Waals surface area (Å²) >= 11 is 6.51. The monoisotopic (exact) mass is 422 g/mol. The summed E-state index contributed by atoms with van der Waals surface area (Å²) in [7, 11) is -3.53. The van der Waals surface area contributed by atoms with Crippen LogP contribution in [0, 0.1) is 0 Å². The first-order valence-corrected chi connectivity index (χ1v) is 8.85. The molecule has 0 aliphatic heterocycles. The van der Waals surface area contributed by atoms with Crippen molar-refractivity contribution < 1.29 is 8.42 Å². The third-order valence-corrected chi connectivity index (χ3v) is 5.48. The summed E-state index contributed by atoms with van der Waals surface area (Å²) in [6, 6.07) is 5.02. The van der Waals surface area contributed by atoms with E-state index in [2.05, 4.69) is 51.8 Å². The number of nitrogens with zero attached hydrogens (tertiary/aromatic N) is 2. The van der Waals surface area contributed by atoms with Crippen molar-refractivity contribution in [3.05, 3.63) is 39.3 Å². The molecule has 0 unspecified atom stereocenters. The minimum Gasteiger partial charge on any atom is -0.263 e. The van der Waals surface area contributed by atoms with E-state index in [0.717, 1.165) is 5.82 Å². The SMILES string of the molecule is O=S(=O)(NCCCc1ncn[nH]1)c1cc(Br)ccc1Br. The molecule has 6 nitrogen and oxygen atoms in total. The molecule has 0 bridgehead atoms. The van der Waals surface area contributed by atoms with Crippen molar-refractivity contribution in [1.29, 1.82) is 0 Å². The van der Waals surface area contributed by atoms with Crippen molar-refractivity contribution in [3.63, 3.8) is 0 Å². The summed E-state index contributed by atoms with van der Waals surface area (Å²) in [5.41, 5.74) is 0. The molecule has 0 atom stereocenters. The number of nitrogens with one attached hydrogen (secondary N) is 2. The van der Waals surface area contributed by atoms with Gasteiger partial charge in [0.2, 0.25) is 10.0 Å². The van der Waals surface area contributed by atoms with Crippen LogP contribution in [-0.4, -0.2) is 30.1 Å². The summed E-state index contributed by atoms with van der Waals surface area (Å²) in [5, 5.41) is 6.46. The molecule has 0 spiro atoms. The Kier molecular flexibility index (Phi) is 5.30. The lowest BCUT2D eigenvalue weighted by Crippen LogP contribution is -2.25. The standard InChI is InChI=1S/C11H12Br2N4O2S/c12-8-3-4-9(13)10(6-8)20(18,19)16-5-1-2-11-14-7-15-17-11/h3-4,6-7,16H,1-2,5H2,(H,14,15,17). The van der Waals surface area contributed by atoms with E-state index in [0.29, 0.717) is 28.3 Å². The van der Waals surface area contributed by atoms with Crippen LogP contribution in [0.15, 0.2) is 38.4 Å². The van der Waals surface area contributed by atoms with Gasteiger partial charge in [0.25, 0.3) is 0 Å². The molecular formula is C11H12Br2N4O2S. The van der Waals surface area contributed by atoms with Crippen molar-refractivity contribution in [3.8, 4) is 0 Å². The van der Waals surface area contributed by atoms with Crippen molar-refractivity contribution in [2.75, 3.05) is 6.54 Å². The van der Waals surface area contributed by atoms with Gasteiger partial charge in [0, 0.05) is 21.9 Å². The molecule has 0 aliphatic carbocycles. The molecule has 9 heteroatoms. The van der Waals surface area contributed by atoms with Crippen LogP contribution in [0.5, 0.6) is 0 Å². The molecule has 1 aromatic heterocycles. The smallest absolute Gasteiger partial charge is 0.241 e. The van der Waals surface area contributed by atoms with Crippen LogP contribution in [0.25, 0.3) is 0 Å². The second kappa shape index (κ2) is 6.79. The van der Waals surface area contributed by atoms with Crippen LogP contribution in [0.4, 0.5) is 0 Å². The van der Waals surface area contributed by atoms with Gasteiger partial charge in [-0.1, -0.05) is 15.9 Å². The van der Waals surface area contributed by atoms with E-state index in [-0.39, 0.29) is 4.90 Å². The summed E-state index contributed by atoms with van der Waals surface area (Å²) < 4.78 is 28.1. The molecule has 108 valence electrons. The quantitative estimate of drug-likeness (QED) is 0.697. The normalized spacial score (nSPS) is 11.7. The Hall–Kier alpha value is -0.770. The van der Waals surface area contributed by atoms with Gasteiger partial charge in [-0.05, 0) is 40.5 Å². The molecule has 0 radical (unpaired) electrons. The number of benzene rings is 1. The van der Waals surface area contributed by atoms with Crippen LogP contribution in [0.1, 0.15) is 12.2 Å². The minimum atomic E-state index is -3.53. The molecular weight excluding hydrogens is 412 g/mol. The first-order valence-electron chi connectivity index (χ1n) is 5.78. The predicted octanol–water partition coefficient (Wildman–Crippen LogP) is 2.24. The molecule has 2 aromatic rings. The van der Waals surface area contributed by atoms with E-state index < -0.39 is 10.0 Å². The van der Waals surface area contributed by atoms with Crippen LogP contribution in [0.3, 0.4) is 0 Å². The minimum absolute atomic E-state index is 0.214. The molecule has 0 fully saturated rings. The third kappa shape index (κ3) is 4.11. The molecule has 0 saturated heterocycles. The van der Waals surface area contributed by atoms with Crippen molar-refractivity contribution >= 4 is 41.9 Å². The van der Waals surface area contributed by atoms with Gasteiger partial charge >= 0.3 is 0 Å². The number of hydrogen-bond donors (Lipinski definition) is 2. The Balaban J connectivity index is 1.95. The Labute approximate surface area is 133 Å². The van der Waals surface area contributed by atoms with Crippen LogP contribution < -0.4 is 4.72 Å². The summed E-state index contributed by atoms with van der Waals surface area (Å²) in [5.74, 6) is 0.743. The molecule has 2 N–H and O–H groups in total. The molecule has 1 heterocycles. The maximum atomic E-state index is 12.2. The second-order valence-corrected chi connectivity index (χ2v) is 7.51. The van der Waals surface area contributed by atoms with E-state index in [9.17, 15) is 8.42 Å². The van der Waals surface area contributed by atoms with E-state index in [1.54, 1.807) is 18.2 Å². The Morgan fingerprint density at radius 3 is 2.80 bits per heavy atom. The molecule has 1 aromatic carbocycles. The zero-order valence-corrected chi connectivity index (χ0v) is 14.3. The van der Waals surface area contributed by atoms with Gasteiger partial charge in [-0.2, -0.15) is 5.10 Å². The molecule has 0 aliphatic rings. The number of sulfonamides is 1. The Morgan fingerprint density at radius 1 is 1.30 bits per heavy atom. The predicted molar refractivity (Wildman–Crippen MR) is 81.7 cm³/mol. The van der Waals surface area contributed by atoms with Gasteiger partial charge in [0.1, 0.15) is 12.2 Å². The fourth-order valence-electron chi connectivity index (χ4n) is 1.57. The number of halogens is 2. The fourth-order valence-corrected chi connectivity index (χ4v) is 4.15. The summed E-state index contributed by atoms with van der Waals surface area (Å²) in [6.45, 7) is 0.335. The number of rotatable bonds is 6. The lowest BCUT2D eigenvalue weighted by Gasteiger charge is -2.08. The van der Waals surface area contributed by atoms with Crippen molar-refractivity contribution in [1.82, 2.24) is 19.9 Å². The lowest BCUT2D eigenvalue weighted by molar-refractivity contribution is 0.577. The summed E-state index contributed by atoms with van der Waals surface area (Å²) in [6.07, 6.45) is 2.71. The molecule has 0 amide bonds. The number of aromatic nitrogens is 3. The Bertz CT molecular complexity index is 674. The lowest BCUT2D eigenvalue weighted by atomic mass is 10.3. The van der Waals surface area contributed by atoms with Crippen molar-refractivity contribution in [2.45, 2.75) is 17.7 Å². The van der Waals surface area contributed by atoms with Gasteiger partial charge in [-0.3, -0.25) is 5.10 Å². The van der Waals surface area contributed by atoms with Gasteiger partial charge in [0.05, 0.1) is 4.90 Å². The summed E-state index contributed by atoms with van der Waals surface area (Å²) in [4.78, 5) is 4.19. The van der Waals surface area contributed by atoms with Gasteiger partial charge in [-0.25, -0.2) is 18.1 Å². The van der Waals surface area contributed by atoms with Crippen LogP contribution >= 0.6 is 31.9 Å². The fraction of sp³-hybridized carbons (Fsp3) is 0.273. The number of aromatic amines is 1. The zero-order valence-electron chi connectivity index (χ0n) is 10.3. The van der Waals surface area contributed by atoms with E-state index in [1.807, 2.05) is 0 Å². The van der Waals surface area contributed by atoms with Gasteiger partial charge in [-0.15, -0.1) is 0 Å². The van der Waals surface area contributed by atoms with Gasteiger partial charge < -0.3 is 0 Å². The van der Waals surface area contributed by atoms with E-state index in [1.165, 1.54) is 6.33 Å². The first kappa shape index (κ1) is 15.6. The highest BCUT2D eigenvalue weighted by Gasteiger charge is 2.17. The van der Waals surface area contributed by atoms with E-state index >= 15 is 0 Å². The molecule has 20 heavy (non-hydrogen) atoms. The zero-order chi connectivity index (χ0) is 14.6. The largest absolute Gasteiger partial charge is 0.263 e. The maximum Gasteiger partial charge on any atom is 0.241 e. The first-order chi connectivity index (χ1) is 9.49. The number of hydrogen-bond acceptors (Lipinski definition) is 4. The van der Waals surface area contributed by atoms with E-state index in [4.69, 9.17) is 0 Å². The highest BCUT2D eigenvalue weighted by molar-refractivity contribution is 9.11. The topological polar surface area (TPSA) is 87.7 Å². The molecule has 2 rings (SSSR count).